The van der Waals surface area contributed by atoms with Crippen molar-refractivity contribution in [3.05, 3.63) is 47.9 Å². The summed E-state index contributed by atoms with van der Waals surface area (Å²) in [5.41, 5.74) is 6.07. The number of amides is 1. The normalized spacial score (nSPS) is 18.9. The number of carbonyl (C=O) groups excluding carboxylic acids is 1. The highest BCUT2D eigenvalue weighted by atomic mass is 16.7. The van der Waals surface area contributed by atoms with Crippen LogP contribution in [0.5, 0.6) is 0 Å². The fourth-order valence-electron chi connectivity index (χ4n) is 1.27. The summed E-state index contributed by atoms with van der Waals surface area (Å²) in [4.78, 5) is 10.7. The Labute approximate surface area is 87.3 Å². The predicted molar refractivity (Wildman–Crippen MR) is 52.1 cm³/mol. The Morgan fingerprint density at radius 1 is 1.40 bits per heavy atom. The Hall–Kier alpha value is -1.97. The second kappa shape index (κ2) is 4.04. The molecule has 77 valence electrons. The van der Waals surface area contributed by atoms with Crippen molar-refractivity contribution in [3.8, 4) is 0 Å². The van der Waals surface area contributed by atoms with Gasteiger partial charge in [0.15, 0.2) is 5.76 Å². The van der Waals surface area contributed by atoms with Gasteiger partial charge in [-0.05, 0) is 5.56 Å². The fourth-order valence-corrected chi connectivity index (χ4v) is 1.27. The van der Waals surface area contributed by atoms with Crippen LogP contribution in [0.15, 0.2) is 36.1 Å². The molecular formula is C11H10NO3. The second-order valence-corrected chi connectivity index (χ2v) is 3.16. The Bertz CT molecular complexity index is 386. The maximum Gasteiger partial charge on any atom is 0.321 e. The van der Waals surface area contributed by atoms with E-state index < -0.39 is 12.2 Å². The molecule has 2 rings (SSSR count). The number of allylic oxidation sites excluding steroid dienone is 1. The third-order valence-electron chi connectivity index (χ3n) is 1.97. The van der Waals surface area contributed by atoms with Gasteiger partial charge >= 0.3 is 6.29 Å². The molecule has 4 heteroatoms. The summed E-state index contributed by atoms with van der Waals surface area (Å²) in [6.45, 7) is 0. The maximum absolute atomic E-state index is 10.7. The molecule has 4 nitrogen and oxygen atoms in total. The minimum absolute atomic E-state index is 0.491. The molecule has 1 unspecified atom stereocenters. The molecule has 1 aliphatic heterocycles. The average Bonchev–Trinajstić information content (AvgIpc) is 2.68. The minimum Gasteiger partial charge on any atom is -0.446 e. The molecule has 0 fully saturated rings. The molecule has 1 aromatic rings. The molecule has 1 atom stereocenters. The lowest BCUT2D eigenvalue weighted by Gasteiger charge is -2.07. The molecule has 0 saturated heterocycles. The summed E-state index contributed by atoms with van der Waals surface area (Å²) in [6, 6.07) is 9.69. The average molecular weight is 204 g/mol. The first-order valence-electron chi connectivity index (χ1n) is 4.53. The molecule has 2 N–H and O–H groups in total. The van der Waals surface area contributed by atoms with Crippen LogP contribution in [0.25, 0.3) is 0 Å². The smallest absolute Gasteiger partial charge is 0.321 e. The zero-order valence-corrected chi connectivity index (χ0v) is 7.97. The number of hydrogen-bond acceptors (Lipinski definition) is 3. The SMILES string of the molecule is NC(=O)C1O[C]=C(Cc2ccccc2)O1. The van der Waals surface area contributed by atoms with E-state index in [1.54, 1.807) is 0 Å². The van der Waals surface area contributed by atoms with Crippen molar-refractivity contribution in [1.29, 1.82) is 0 Å². The molecule has 1 radical (unpaired) electrons. The van der Waals surface area contributed by atoms with Gasteiger partial charge in [-0.25, -0.2) is 0 Å². The summed E-state index contributed by atoms with van der Waals surface area (Å²) in [7, 11) is 0. The lowest BCUT2D eigenvalue weighted by molar-refractivity contribution is -0.142. The van der Waals surface area contributed by atoms with E-state index in [2.05, 4.69) is 6.26 Å². The van der Waals surface area contributed by atoms with Crippen LogP contribution in [0.3, 0.4) is 0 Å². The van der Waals surface area contributed by atoms with E-state index in [-0.39, 0.29) is 0 Å². The zero-order valence-electron chi connectivity index (χ0n) is 7.97. The van der Waals surface area contributed by atoms with E-state index in [9.17, 15) is 4.79 Å². The zero-order chi connectivity index (χ0) is 10.7. The summed E-state index contributed by atoms with van der Waals surface area (Å²) in [5.74, 6) is -0.157. The minimum atomic E-state index is -1.02. The first-order chi connectivity index (χ1) is 7.25. The highest BCUT2D eigenvalue weighted by Gasteiger charge is 2.25. The summed E-state index contributed by atoms with van der Waals surface area (Å²) < 4.78 is 9.95. The molecule has 0 saturated carbocycles. The second-order valence-electron chi connectivity index (χ2n) is 3.16. The molecule has 1 heterocycles. The Morgan fingerprint density at radius 3 is 2.73 bits per heavy atom. The highest BCUT2D eigenvalue weighted by Crippen LogP contribution is 2.17. The topological polar surface area (TPSA) is 61.6 Å². The Kier molecular flexibility index (Phi) is 2.58. The standard InChI is InChI=1S/C11H10NO3/c12-10(13)11-14-7-9(15-11)6-8-4-2-1-3-5-8/h1-5,11H,6H2,(H2,12,13). The van der Waals surface area contributed by atoms with Crippen LogP contribution in [0, 0.1) is 6.26 Å². The number of benzene rings is 1. The Balaban J connectivity index is 1.96. The van der Waals surface area contributed by atoms with Crippen LogP contribution in [0.2, 0.25) is 0 Å². The number of primary amides is 1. The number of hydrogen-bond donors (Lipinski definition) is 1. The number of rotatable bonds is 3. The number of nitrogens with two attached hydrogens (primary N) is 1. The highest BCUT2D eigenvalue weighted by molar-refractivity contribution is 5.77. The van der Waals surface area contributed by atoms with E-state index in [1.807, 2.05) is 30.3 Å². The van der Waals surface area contributed by atoms with Crippen LogP contribution in [-0.2, 0) is 20.7 Å². The van der Waals surface area contributed by atoms with Gasteiger partial charge in [-0.15, -0.1) is 0 Å². The molecule has 1 amide bonds. The quantitative estimate of drug-likeness (QED) is 0.789. The fraction of sp³-hybridized carbons (Fsp3) is 0.182. The first kappa shape index (κ1) is 9.58. The molecule has 1 aromatic carbocycles. The number of carbonyl (C=O) groups is 1. The van der Waals surface area contributed by atoms with Gasteiger partial charge in [0, 0.05) is 6.42 Å². The van der Waals surface area contributed by atoms with E-state index in [1.165, 1.54) is 0 Å². The first-order valence-corrected chi connectivity index (χ1v) is 4.53. The lowest BCUT2D eigenvalue weighted by atomic mass is 10.1. The third-order valence-corrected chi connectivity index (χ3v) is 1.97. The van der Waals surface area contributed by atoms with Gasteiger partial charge in [0.2, 0.25) is 6.26 Å². The van der Waals surface area contributed by atoms with E-state index in [0.29, 0.717) is 12.2 Å². The largest absolute Gasteiger partial charge is 0.446 e. The maximum atomic E-state index is 10.7. The summed E-state index contributed by atoms with van der Waals surface area (Å²) >= 11 is 0. The molecule has 0 bridgehead atoms. The molecule has 1 aliphatic rings. The van der Waals surface area contributed by atoms with Crippen molar-refractivity contribution < 1.29 is 14.3 Å². The van der Waals surface area contributed by atoms with Crippen LogP contribution in [0.1, 0.15) is 5.56 Å². The van der Waals surface area contributed by atoms with Gasteiger partial charge in [-0.1, -0.05) is 30.3 Å². The van der Waals surface area contributed by atoms with Crippen LogP contribution in [0.4, 0.5) is 0 Å². The summed E-state index contributed by atoms with van der Waals surface area (Å²) in [6.07, 6.45) is 2.05. The van der Waals surface area contributed by atoms with Gasteiger partial charge in [-0.2, -0.15) is 0 Å². The van der Waals surface area contributed by atoms with Crippen molar-refractivity contribution in [2.45, 2.75) is 12.7 Å². The van der Waals surface area contributed by atoms with E-state index >= 15 is 0 Å². The van der Waals surface area contributed by atoms with E-state index in [4.69, 9.17) is 15.2 Å². The molecule has 15 heavy (non-hydrogen) atoms. The van der Waals surface area contributed by atoms with Gasteiger partial charge in [0.25, 0.3) is 5.91 Å². The van der Waals surface area contributed by atoms with Crippen LogP contribution >= 0.6 is 0 Å². The van der Waals surface area contributed by atoms with Gasteiger partial charge < -0.3 is 15.2 Å². The van der Waals surface area contributed by atoms with Gasteiger partial charge in [0.05, 0.1) is 0 Å². The number of ether oxygens (including phenoxy) is 2. The van der Waals surface area contributed by atoms with Gasteiger partial charge in [0.1, 0.15) is 0 Å². The monoisotopic (exact) mass is 204 g/mol. The molecule has 0 spiro atoms. The van der Waals surface area contributed by atoms with Crippen LogP contribution in [-0.4, -0.2) is 12.2 Å². The predicted octanol–water partition coefficient (Wildman–Crippen LogP) is 0.732. The van der Waals surface area contributed by atoms with Crippen molar-refractivity contribution >= 4 is 5.91 Å². The Morgan fingerprint density at radius 2 is 2.13 bits per heavy atom. The molecular weight excluding hydrogens is 194 g/mol. The van der Waals surface area contributed by atoms with E-state index in [0.717, 1.165) is 5.56 Å². The van der Waals surface area contributed by atoms with Gasteiger partial charge in [-0.3, -0.25) is 4.79 Å². The summed E-state index contributed by atoms with van der Waals surface area (Å²) in [5, 5.41) is 0. The van der Waals surface area contributed by atoms with Crippen molar-refractivity contribution in [2.24, 2.45) is 5.73 Å². The van der Waals surface area contributed by atoms with Crippen molar-refractivity contribution in [1.82, 2.24) is 0 Å². The lowest BCUT2D eigenvalue weighted by Crippen LogP contribution is -2.29. The van der Waals surface area contributed by atoms with Crippen molar-refractivity contribution in [2.75, 3.05) is 0 Å². The molecule has 0 aromatic heterocycles. The third kappa shape index (κ3) is 2.28. The molecule has 0 aliphatic carbocycles. The van der Waals surface area contributed by atoms with Crippen LogP contribution < -0.4 is 5.73 Å². The van der Waals surface area contributed by atoms with Crippen molar-refractivity contribution in [3.63, 3.8) is 0 Å².